The third kappa shape index (κ3) is 4.52. The highest BCUT2D eigenvalue weighted by atomic mass is 32.2. The van der Waals surface area contributed by atoms with Gasteiger partial charge in [-0.1, -0.05) is 73.9 Å². The summed E-state index contributed by atoms with van der Waals surface area (Å²) in [6.45, 7) is 0.674. The van der Waals surface area contributed by atoms with E-state index in [1.54, 1.807) is 12.3 Å². The quantitative estimate of drug-likeness (QED) is 0.278. The Balaban J connectivity index is 1.44. The number of nitrogens with zero attached hydrogens (tertiary/aromatic N) is 2. The number of aromatic nitrogens is 1. The zero-order chi connectivity index (χ0) is 28.8. The van der Waals surface area contributed by atoms with Crippen LogP contribution in [0.1, 0.15) is 72.2 Å². The van der Waals surface area contributed by atoms with Crippen molar-refractivity contribution in [3.8, 4) is 5.75 Å². The van der Waals surface area contributed by atoms with Gasteiger partial charge in [-0.25, -0.2) is 8.78 Å². The van der Waals surface area contributed by atoms with Crippen LogP contribution in [0.3, 0.4) is 0 Å². The van der Waals surface area contributed by atoms with Gasteiger partial charge in [-0.15, -0.1) is 11.8 Å². The molecule has 0 bridgehead atoms. The van der Waals surface area contributed by atoms with E-state index >= 15 is 4.39 Å². The van der Waals surface area contributed by atoms with Crippen molar-refractivity contribution < 1.29 is 18.6 Å². The molecule has 1 aromatic heterocycles. The molecule has 42 heavy (non-hydrogen) atoms. The van der Waals surface area contributed by atoms with Crippen LogP contribution < -0.4 is 15.2 Å². The number of aliphatic hydroxyl groups is 1. The molecule has 0 amide bonds. The van der Waals surface area contributed by atoms with E-state index in [4.69, 9.17) is 4.74 Å². The molecular weight excluding hydrogens is 554 g/mol. The van der Waals surface area contributed by atoms with Crippen molar-refractivity contribution >= 4 is 11.8 Å². The van der Waals surface area contributed by atoms with Gasteiger partial charge in [0.2, 0.25) is 5.43 Å². The van der Waals surface area contributed by atoms with E-state index in [-0.39, 0.29) is 17.8 Å². The first kappa shape index (κ1) is 27.2. The molecular formula is C34H32F2N2O3S. The molecule has 2 atom stereocenters. The molecule has 1 fully saturated rings. The molecule has 2 aliphatic heterocycles. The number of aliphatic hydroxyl groups excluding tert-OH is 1. The molecule has 1 spiro atoms. The fourth-order valence-corrected chi connectivity index (χ4v) is 8.15. The fourth-order valence-electron chi connectivity index (χ4n) is 7.04. The van der Waals surface area contributed by atoms with Gasteiger partial charge in [0.15, 0.2) is 17.4 Å². The molecule has 8 heteroatoms. The summed E-state index contributed by atoms with van der Waals surface area (Å²) in [7, 11) is 0. The number of hydrogen-bond donors (Lipinski definition) is 1. The average molecular weight is 587 g/mol. The molecule has 1 saturated carbocycles. The standard InChI is InChI=1S/C34H32F2N2O3S/c35-26-14-13-23-25(29(26)36)20-42-28-12-6-5-11-24(28)30(23)38-21-34(16-7-2-8-17-34)33(40)31-32(27(39)15-18-37(31)38)41-19-22-9-3-1-4-10-22/h1,3-6,9-15,18,30,33,40H,2,7-8,16-17,19-21H2. The van der Waals surface area contributed by atoms with Crippen LogP contribution in [0.25, 0.3) is 0 Å². The normalized spacial score (nSPS) is 20.8. The lowest BCUT2D eigenvalue weighted by molar-refractivity contribution is -0.0278. The van der Waals surface area contributed by atoms with Gasteiger partial charge >= 0.3 is 0 Å². The molecule has 216 valence electrons. The lowest BCUT2D eigenvalue weighted by atomic mass is 9.67. The van der Waals surface area contributed by atoms with E-state index in [1.807, 2.05) is 59.3 Å². The lowest BCUT2D eigenvalue weighted by Crippen LogP contribution is -2.55. The summed E-state index contributed by atoms with van der Waals surface area (Å²) in [5.41, 5.74) is 2.52. The van der Waals surface area contributed by atoms with Crippen molar-refractivity contribution in [1.29, 1.82) is 0 Å². The minimum Gasteiger partial charge on any atom is -0.483 e. The molecule has 3 aromatic carbocycles. The van der Waals surface area contributed by atoms with Crippen molar-refractivity contribution in [1.82, 2.24) is 4.68 Å². The second kappa shape index (κ2) is 10.9. The molecule has 0 radical (unpaired) electrons. The number of rotatable bonds is 4. The van der Waals surface area contributed by atoms with E-state index < -0.39 is 29.2 Å². The van der Waals surface area contributed by atoms with Gasteiger partial charge in [-0.05, 0) is 41.7 Å². The SMILES string of the molecule is O=c1ccn2c(c1OCc1ccccc1)C(O)C1(CCCCC1)CN2C1c2ccccc2SCc2c1ccc(F)c2F. The smallest absolute Gasteiger partial charge is 0.223 e. The predicted octanol–water partition coefficient (Wildman–Crippen LogP) is 7.04. The Morgan fingerprint density at radius 3 is 2.50 bits per heavy atom. The summed E-state index contributed by atoms with van der Waals surface area (Å²) >= 11 is 1.50. The van der Waals surface area contributed by atoms with Crippen LogP contribution in [0.2, 0.25) is 0 Å². The summed E-state index contributed by atoms with van der Waals surface area (Å²) in [4.78, 5) is 14.4. The minimum absolute atomic E-state index is 0.130. The van der Waals surface area contributed by atoms with E-state index in [0.717, 1.165) is 48.1 Å². The molecule has 5 nitrogen and oxygen atoms in total. The molecule has 0 saturated heterocycles. The highest BCUT2D eigenvalue weighted by Crippen LogP contribution is 2.53. The zero-order valence-corrected chi connectivity index (χ0v) is 24.0. The minimum atomic E-state index is -0.923. The van der Waals surface area contributed by atoms with Gasteiger partial charge in [0.1, 0.15) is 18.4 Å². The van der Waals surface area contributed by atoms with E-state index in [0.29, 0.717) is 29.1 Å². The van der Waals surface area contributed by atoms with Gasteiger partial charge in [0.25, 0.3) is 0 Å². The van der Waals surface area contributed by atoms with Gasteiger partial charge in [-0.2, -0.15) is 0 Å². The maximum atomic E-state index is 15.4. The molecule has 1 aliphatic carbocycles. The Bertz CT molecular complexity index is 1690. The molecule has 2 unspecified atom stereocenters. The number of ether oxygens (including phenoxy) is 1. The highest BCUT2D eigenvalue weighted by molar-refractivity contribution is 7.98. The van der Waals surface area contributed by atoms with E-state index in [9.17, 15) is 14.3 Å². The summed E-state index contributed by atoms with van der Waals surface area (Å²) in [6.07, 6.45) is 5.37. The second-order valence-corrected chi connectivity index (χ2v) is 12.6. The number of halogens is 2. The summed E-state index contributed by atoms with van der Waals surface area (Å²) in [5, 5.41) is 14.2. The maximum Gasteiger partial charge on any atom is 0.223 e. The van der Waals surface area contributed by atoms with Gasteiger partial charge in [-0.3, -0.25) is 9.47 Å². The molecule has 3 aliphatic rings. The Labute approximate surface area is 247 Å². The van der Waals surface area contributed by atoms with Crippen LogP contribution in [0.15, 0.2) is 88.7 Å². The van der Waals surface area contributed by atoms with Gasteiger partial charge < -0.3 is 14.9 Å². The third-order valence-corrected chi connectivity index (χ3v) is 10.3. The lowest BCUT2D eigenvalue weighted by Gasteiger charge is -2.53. The summed E-state index contributed by atoms with van der Waals surface area (Å²) in [6, 6.07) is 21.5. The number of fused-ring (bicyclic) bond motifs is 3. The first-order valence-corrected chi connectivity index (χ1v) is 15.5. The first-order chi connectivity index (χ1) is 20.5. The van der Waals surface area contributed by atoms with Crippen LogP contribution in [0.5, 0.6) is 5.75 Å². The molecule has 1 N–H and O–H groups in total. The molecule has 4 aromatic rings. The number of benzene rings is 3. The summed E-state index contributed by atoms with van der Waals surface area (Å²) in [5.74, 6) is -1.26. The average Bonchev–Trinajstić information content (AvgIpc) is 3.18. The molecule has 3 heterocycles. The van der Waals surface area contributed by atoms with E-state index in [1.165, 1.54) is 23.9 Å². The van der Waals surface area contributed by atoms with Crippen LogP contribution >= 0.6 is 11.8 Å². The Morgan fingerprint density at radius 2 is 1.69 bits per heavy atom. The predicted molar refractivity (Wildman–Crippen MR) is 159 cm³/mol. The number of hydrogen-bond acceptors (Lipinski definition) is 5. The monoisotopic (exact) mass is 586 g/mol. The number of thioether (sulfide) groups is 1. The highest BCUT2D eigenvalue weighted by Gasteiger charge is 2.50. The fraction of sp³-hybridized carbons (Fsp3) is 0.324. The van der Waals surface area contributed by atoms with Gasteiger partial charge in [0.05, 0.1) is 6.04 Å². The Kier molecular flexibility index (Phi) is 7.06. The summed E-state index contributed by atoms with van der Waals surface area (Å²) < 4.78 is 38.0. The zero-order valence-electron chi connectivity index (χ0n) is 23.1. The topological polar surface area (TPSA) is 54.7 Å². The van der Waals surface area contributed by atoms with Crippen LogP contribution in [-0.2, 0) is 12.4 Å². The van der Waals surface area contributed by atoms with Gasteiger partial charge in [0, 0.05) is 40.4 Å². The third-order valence-electron chi connectivity index (χ3n) is 9.15. The van der Waals surface area contributed by atoms with Crippen molar-refractivity contribution in [2.24, 2.45) is 5.41 Å². The van der Waals surface area contributed by atoms with Crippen LogP contribution in [0.4, 0.5) is 8.78 Å². The van der Waals surface area contributed by atoms with Crippen LogP contribution in [0, 0.1) is 17.0 Å². The Hall–Kier alpha value is -3.62. The Morgan fingerprint density at radius 1 is 0.929 bits per heavy atom. The van der Waals surface area contributed by atoms with Crippen molar-refractivity contribution in [2.75, 3.05) is 11.6 Å². The van der Waals surface area contributed by atoms with Crippen molar-refractivity contribution in [2.45, 2.75) is 61.5 Å². The van der Waals surface area contributed by atoms with E-state index in [2.05, 4.69) is 5.01 Å². The van der Waals surface area contributed by atoms with Crippen molar-refractivity contribution in [3.63, 3.8) is 0 Å². The first-order valence-electron chi connectivity index (χ1n) is 14.5. The maximum absolute atomic E-state index is 15.4. The second-order valence-electron chi connectivity index (χ2n) is 11.6. The van der Waals surface area contributed by atoms with Crippen molar-refractivity contribution in [3.05, 3.63) is 129 Å². The van der Waals surface area contributed by atoms with Crippen LogP contribution in [-0.4, -0.2) is 16.3 Å². The molecule has 7 rings (SSSR count). The number of pyridine rings is 1. The largest absolute Gasteiger partial charge is 0.483 e.